The van der Waals surface area contributed by atoms with Crippen molar-refractivity contribution in [2.24, 2.45) is 0 Å². The molecular weight excluding hydrogens is 364 g/mol. The van der Waals surface area contributed by atoms with Gasteiger partial charge in [0.25, 0.3) is 0 Å². The highest BCUT2D eigenvalue weighted by Crippen LogP contribution is 2.29. The second-order valence-electron chi connectivity index (χ2n) is 7.64. The highest BCUT2D eigenvalue weighted by molar-refractivity contribution is 5.88. The van der Waals surface area contributed by atoms with E-state index < -0.39 is 6.04 Å². The van der Waals surface area contributed by atoms with Gasteiger partial charge in [0.15, 0.2) is 0 Å². The highest BCUT2D eigenvalue weighted by atomic mass is 16.2. The van der Waals surface area contributed by atoms with Gasteiger partial charge in [0.2, 0.25) is 11.8 Å². The van der Waals surface area contributed by atoms with Crippen molar-refractivity contribution in [1.82, 2.24) is 20.4 Å². The third-order valence-electron chi connectivity index (χ3n) is 5.77. The van der Waals surface area contributed by atoms with E-state index in [-0.39, 0.29) is 24.3 Å². The molecule has 0 aromatic heterocycles. The summed E-state index contributed by atoms with van der Waals surface area (Å²) in [7, 11) is 0. The van der Waals surface area contributed by atoms with Gasteiger partial charge in [-0.05, 0) is 11.1 Å². The molecule has 0 bridgehead atoms. The molecule has 29 heavy (non-hydrogen) atoms. The zero-order chi connectivity index (χ0) is 20.1. The van der Waals surface area contributed by atoms with Gasteiger partial charge in [0.05, 0.1) is 18.5 Å². The van der Waals surface area contributed by atoms with Crippen molar-refractivity contribution in [2.75, 3.05) is 39.3 Å². The predicted molar refractivity (Wildman–Crippen MR) is 112 cm³/mol. The second kappa shape index (κ2) is 9.20. The maximum Gasteiger partial charge on any atom is 0.237 e. The Hall–Kier alpha value is -2.70. The van der Waals surface area contributed by atoms with E-state index in [2.05, 4.69) is 64.1 Å². The summed E-state index contributed by atoms with van der Waals surface area (Å²) in [5.74, 6) is -0.0216. The van der Waals surface area contributed by atoms with E-state index in [4.69, 9.17) is 0 Å². The minimum Gasteiger partial charge on any atom is -0.353 e. The topological polar surface area (TPSA) is 64.7 Å². The van der Waals surface area contributed by atoms with E-state index in [1.165, 1.54) is 11.1 Å². The molecule has 6 nitrogen and oxygen atoms in total. The first-order valence-electron chi connectivity index (χ1n) is 10.3. The van der Waals surface area contributed by atoms with Crippen molar-refractivity contribution < 1.29 is 9.59 Å². The third-order valence-corrected chi connectivity index (χ3v) is 5.77. The zero-order valence-corrected chi connectivity index (χ0v) is 16.6. The Morgan fingerprint density at radius 3 is 2.03 bits per heavy atom. The van der Waals surface area contributed by atoms with Gasteiger partial charge in [0, 0.05) is 39.3 Å². The van der Waals surface area contributed by atoms with Crippen LogP contribution in [0.15, 0.2) is 60.7 Å². The molecule has 6 heteroatoms. The lowest BCUT2D eigenvalue weighted by Gasteiger charge is -2.40. The van der Waals surface area contributed by atoms with Gasteiger partial charge in [-0.2, -0.15) is 0 Å². The van der Waals surface area contributed by atoms with Crippen LogP contribution in [0.25, 0.3) is 0 Å². The average molecular weight is 393 g/mol. The molecule has 2 saturated heterocycles. The van der Waals surface area contributed by atoms with Crippen LogP contribution in [0, 0.1) is 0 Å². The standard InChI is InChI=1S/C23H28N4O2/c28-21(17-20-23(29)25-12-11-24-20)26-13-15-27(16-14-26)22(18-7-3-1-4-8-18)19-9-5-2-6-10-19/h1-10,20,22,24H,11-17H2,(H,25,29)/t20-/m0/s1. The summed E-state index contributed by atoms with van der Waals surface area (Å²) in [4.78, 5) is 29.0. The Bertz CT molecular complexity index is 780. The van der Waals surface area contributed by atoms with Crippen LogP contribution in [0.3, 0.4) is 0 Å². The molecule has 0 saturated carbocycles. The van der Waals surface area contributed by atoms with E-state index in [0.717, 1.165) is 13.1 Å². The summed E-state index contributed by atoms with van der Waals surface area (Å²) in [6, 6.07) is 20.8. The predicted octanol–water partition coefficient (Wildman–Crippen LogP) is 1.40. The van der Waals surface area contributed by atoms with Crippen molar-refractivity contribution in [3.63, 3.8) is 0 Å². The van der Waals surface area contributed by atoms with Crippen LogP contribution in [0.1, 0.15) is 23.6 Å². The Labute approximate surface area is 171 Å². The molecule has 2 aliphatic rings. The van der Waals surface area contributed by atoms with E-state index in [0.29, 0.717) is 26.2 Å². The van der Waals surface area contributed by atoms with Gasteiger partial charge >= 0.3 is 0 Å². The Balaban J connectivity index is 1.41. The molecule has 2 heterocycles. The lowest BCUT2D eigenvalue weighted by molar-refractivity contribution is -0.137. The van der Waals surface area contributed by atoms with Crippen molar-refractivity contribution in [3.05, 3.63) is 71.8 Å². The summed E-state index contributed by atoms with van der Waals surface area (Å²) < 4.78 is 0. The van der Waals surface area contributed by atoms with Crippen molar-refractivity contribution in [3.8, 4) is 0 Å². The van der Waals surface area contributed by atoms with Crippen molar-refractivity contribution in [1.29, 1.82) is 0 Å². The number of carbonyl (C=O) groups is 2. The lowest BCUT2D eigenvalue weighted by atomic mass is 9.96. The van der Waals surface area contributed by atoms with Crippen LogP contribution in [-0.2, 0) is 9.59 Å². The molecule has 0 aliphatic carbocycles. The summed E-state index contributed by atoms with van der Waals surface area (Å²) >= 11 is 0. The summed E-state index contributed by atoms with van der Waals surface area (Å²) in [5, 5.41) is 5.96. The largest absolute Gasteiger partial charge is 0.353 e. The first-order valence-corrected chi connectivity index (χ1v) is 10.3. The number of nitrogens with one attached hydrogen (secondary N) is 2. The molecule has 152 valence electrons. The van der Waals surface area contributed by atoms with Crippen LogP contribution in [0.2, 0.25) is 0 Å². The quantitative estimate of drug-likeness (QED) is 0.807. The molecule has 2 fully saturated rings. The van der Waals surface area contributed by atoms with Gasteiger partial charge in [-0.1, -0.05) is 60.7 Å². The smallest absolute Gasteiger partial charge is 0.237 e. The minimum absolute atomic E-state index is 0.0511. The summed E-state index contributed by atoms with van der Waals surface area (Å²) in [6.07, 6.45) is 0.229. The van der Waals surface area contributed by atoms with E-state index in [1.807, 2.05) is 17.0 Å². The molecule has 2 aromatic rings. The average Bonchev–Trinajstić information content (AvgIpc) is 2.77. The maximum atomic E-state index is 12.7. The number of hydrogen-bond donors (Lipinski definition) is 2. The minimum atomic E-state index is -0.407. The molecule has 2 aliphatic heterocycles. The fourth-order valence-electron chi connectivity index (χ4n) is 4.23. The molecule has 0 spiro atoms. The molecule has 0 unspecified atom stereocenters. The lowest BCUT2D eigenvalue weighted by Crippen LogP contribution is -2.56. The number of carbonyl (C=O) groups excluding carboxylic acids is 2. The Kier molecular flexibility index (Phi) is 6.22. The van der Waals surface area contributed by atoms with Crippen LogP contribution in [0.4, 0.5) is 0 Å². The molecular formula is C23H28N4O2. The fraction of sp³-hybridized carbons (Fsp3) is 0.391. The van der Waals surface area contributed by atoms with Crippen LogP contribution >= 0.6 is 0 Å². The number of nitrogens with zero attached hydrogens (tertiary/aromatic N) is 2. The first kappa shape index (κ1) is 19.6. The zero-order valence-electron chi connectivity index (χ0n) is 16.6. The van der Waals surface area contributed by atoms with E-state index in [1.54, 1.807) is 0 Å². The Morgan fingerprint density at radius 1 is 0.897 bits per heavy atom. The number of rotatable bonds is 5. The molecule has 4 rings (SSSR count). The molecule has 2 N–H and O–H groups in total. The number of benzene rings is 2. The van der Waals surface area contributed by atoms with Crippen molar-refractivity contribution >= 4 is 11.8 Å². The van der Waals surface area contributed by atoms with Gasteiger partial charge in [-0.25, -0.2) is 0 Å². The SMILES string of the molecule is O=C1NCCN[C@H]1CC(=O)N1CCN(C(c2ccccc2)c2ccccc2)CC1. The number of piperazine rings is 2. The first-order chi connectivity index (χ1) is 14.2. The van der Waals surface area contributed by atoms with E-state index >= 15 is 0 Å². The number of amides is 2. The molecule has 1 atom stereocenters. The van der Waals surface area contributed by atoms with Gasteiger partial charge in [-0.15, -0.1) is 0 Å². The third kappa shape index (κ3) is 4.66. The van der Waals surface area contributed by atoms with Crippen LogP contribution in [0.5, 0.6) is 0 Å². The van der Waals surface area contributed by atoms with Gasteiger partial charge < -0.3 is 15.5 Å². The molecule has 0 radical (unpaired) electrons. The monoisotopic (exact) mass is 392 g/mol. The van der Waals surface area contributed by atoms with E-state index in [9.17, 15) is 9.59 Å². The van der Waals surface area contributed by atoms with Crippen LogP contribution < -0.4 is 10.6 Å². The molecule has 2 amide bonds. The Morgan fingerprint density at radius 2 is 1.48 bits per heavy atom. The highest BCUT2D eigenvalue weighted by Gasteiger charge is 2.30. The second-order valence-corrected chi connectivity index (χ2v) is 7.64. The van der Waals surface area contributed by atoms with Gasteiger partial charge in [0.1, 0.15) is 0 Å². The van der Waals surface area contributed by atoms with Gasteiger partial charge in [-0.3, -0.25) is 14.5 Å². The normalized spacial score (nSPS) is 20.5. The summed E-state index contributed by atoms with van der Waals surface area (Å²) in [5.41, 5.74) is 2.53. The fourth-order valence-corrected chi connectivity index (χ4v) is 4.23. The van der Waals surface area contributed by atoms with Crippen molar-refractivity contribution in [2.45, 2.75) is 18.5 Å². The maximum absolute atomic E-state index is 12.7. The summed E-state index contributed by atoms with van der Waals surface area (Å²) in [6.45, 7) is 4.33. The molecule has 2 aromatic carbocycles. The van der Waals surface area contributed by atoms with Crippen LogP contribution in [-0.4, -0.2) is 66.9 Å². The number of hydrogen-bond acceptors (Lipinski definition) is 4.